The highest BCUT2D eigenvalue weighted by Crippen LogP contribution is 2.33. The summed E-state index contributed by atoms with van der Waals surface area (Å²) in [6, 6.07) is 7.84. The van der Waals surface area contributed by atoms with Gasteiger partial charge in [-0.05, 0) is 44.5 Å². The zero-order valence-electron chi connectivity index (χ0n) is 10.3. The van der Waals surface area contributed by atoms with Gasteiger partial charge in [0.05, 0.1) is 6.61 Å². The standard InChI is InChI=1S/C13H19NO2.ClH/c1-3-16-12-6-4-11(5-7-12)13(15)8-9-14-10(13)2;/h4-7,10,14-15H,3,8-9H2,1-2H3;1H. The van der Waals surface area contributed by atoms with Crippen LogP contribution in [0, 0.1) is 0 Å². The number of benzene rings is 1. The van der Waals surface area contributed by atoms with Crippen LogP contribution in [-0.2, 0) is 5.60 Å². The lowest BCUT2D eigenvalue weighted by atomic mass is 9.87. The minimum absolute atomic E-state index is 0. The van der Waals surface area contributed by atoms with Gasteiger partial charge in [0.1, 0.15) is 11.4 Å². The van der Waals surface area contributed by atoms with Crippen molar-refractivity contribution in [2.75, 3.05) is 13.2 Å². The summed E-state index contributed by atoms with van der Waals surface area (Å²) in [5.74, 6) is 0.855. The Morgan fingerprint density at radius 2 is 2.06 bits per heavy atom. The Bertz CT molecular complexity index is 355. The molecule has 17 heavy (non-hydrogen) atoms. The van der Waals surface area contributed by atoms with Gasteiger partial charge in [-0.1, -0.05) is 12.1 Å². The van der Waals surface area contributed by atoms with Crippen LogP contribution in [0.5, 0.6) is 5.75 Å². The second-order valence-corrected chi connectivity index (χ2v) is 4.31. The zero-order chi connectivity index (χ0) is 11.6. The molecule has 0 aromatic heterocycles. The molecular formula is C13H20ClNO2. The number of rotatable bonds is 3. The summed E-state index contributed by atoms with van der Waals surface area (Å²) >= 11 is 0. The van der Waals surface area contributed by atoms with Crippen molar-refractivity contribution in [1.82, 2.24) is 5.32 Å². The highest BCUT2D eigenvalue weighted by Gasteiger charge is 2.39. The van der Waals surface area contributed by atoms with E-state index in [2.05, 4.69) is 5.32 Å². The van der Waals surface area contributed by atoms with Gasteiger partial charge in [-0.3, -0.25) is 0 Å². The molecule has 96 valence electrons. The van der Waals surface area contributed by atoms with Gasteiger partial charge in [-0.25, -0.2) is 0 Å². The maximum absolute atomic E-state index is 10.5. The van der Waals surface area contributed by atoms with Crippen molar-refractivity contribution in [3.8, 4) is 5.75 Å². The molecule has 3 nitrogen and oxygen atoms in total. The number of nitrogens with one attached hydrogen (secondary N) is 1. The smallest absolute Gasteiger partial charge is 0.119 e. The average Bonchev–Trinajstić information content (AvgIpc) is 2.62. The van der Waals surface area contributed by atoms with Crippen LogP contribution in [0.25, 0.3) is 0 Å². The molecule has 1 fully saturated rings. The molecule has 2 rings (SSSR count). The van der Waals surface area contributed by atoms with E-state index in [-0.39, 0.29) is 18.4 Å². The third kappa shape index (κ3) is 2.73. The Hall–Kier alpha value is -0.770. The molecule has 2 N–H and O–H groups in total. The largest absolute Gasteiger partial charge is 0.494 e. The van der Waals surface area contributed by atoms with Crippen LogP contribution >= 0.6 is 12.4 Å². The highest BCUT2D eigenvalue weighted by molar-refractivity contribution is 5.85. The Kier molecular flexibility index (Phi) is 4.80. The third-order valence-corrected chi connectivity index (χ3v) is 3.34. The SMILES string of the molecule is CCOc1ccc(C2(O)CCNC2C)cc1.Cl. The summed E-state index contributed by atoms with van der Waals surface area (Å²) in [4.78, 5) is 0. The third-order valence-electron chi connectivity index (χ3n) is 3.34. The summed E-state index contributed by atoms with van der Waals surface area (Å²) in [5.41, 5.74) is 0.235. The van der Waals surface area contributed by atoms with Crippen LogP contribution in [-0.4, -0.2) is 24.3 Å². The number of aliphatic hydroxyl groups is 1. The lowest BCUT2D eigenvalue weighted by Crippen LogP contribution is -2.37. The average molecular weight is 258 g/mol. The van der Waals surface area contributed by atoms with E-state index in [1.807, 2.05) is 38.1 Å². The molecule has 4 heteroatoms. The summed E-state index contributed by atoms with van der Waals surface area (Å²) < 4.78 is 5.39. The summed E-state index contributed by atoms with van der Waals surface area (Å²) in [5, 5.41) is 13.8. The Morgan fingerprint density at radius 1 is 1.41 bits per heavy atom. The predicted molar refractivity (Wildman–Crippen MR) is 70.8 cm³/mol. The number of ether oxygens (including phenoxy) is 1. The fraction of sp³-hybridized carbons (Fsp3) is 0.538. The van der Waals surface area contributed by atoms with E-state index < -0.39 is 5.60 Å². The number of hydrogen-bond donors (Lipinski definition) is 2. The lowest BCUT2D eigenvalue weighted by Gasteiger charge is -2.27. The second kappa shape index (κ2) is 5.71. The van der Waals surface area contributed by atoms with E-state index in [1.165, 1.54) is 0 Å². The summed E-state index contributed by atoms with van der Waals surface area (Å²) in [7, 11) is 0. The predicted octanol–water partition coefficient (Wildman–Crippen LogP) is 2.08. The fourth-order valence-electron chi connectivity index (χ4n) is 2.27. The first-order valence-electron chi connectivity index (χ1n) is 5.86. The van der Waals surface area contributed by atoms with Gasteiger partial charge in [0.15, 0.2) is 0 Å². The topological polar surface area (TPSA) is 41.5 Å². The zero-order valence-corrected chi connectivity index (χ0v) is 11.1. The molecule has 0 aliphatic carbocycles. The molecule has 0 spiro atoms. The van der Waals surface area contributed by atoms with Crippen LogP contribution in [0.3, 0.4) is 0 Å². The Labute approximate surface area is 109 Å². The first kappa shape index (κ1) is 14.3. The van der Waals surface area contributed by atoms with Gasteiger partial charge in [0.25, 0.3) is 0 Å². The van der Waals surface area contributed by atoms with Crippen LogP contribution in [0.1, 0.15) is 25.8 Å². The molecule has 0 saturated carbocycles. The summed E-state index contributed by atoms with van der Waals surface area (Å²) in [6.45, 7) is 5.51. The van der Waals surface area contributed by atoms with Gasteiger partial charge >= 0.3 is 0 Å². The van der Waals surface area contributed by atoms with E-state index in [9.17, 15) is 5.11 Å². The Balaban J connectivity index is 0.00000144. The second-order valence-electron chi connectivity index (χ2n) is 4.31. The van der Waals surface area contributed by atoms with E-state index >= 15 is 0 Å². The van der Waals surface area contributed by atoms with E-state index in [0.717, 1.165) is 24.3 Å². The molecule has 0 radical (unpaired) electrons. The molecule has 0 bridgehead atoms. The van der Waals surface area contributed by atoms with E-state index in [0.29, 0.717) is 6.61 Å². The molecule has 1 aliphatic rings. The monoisotopic (exact) mass is 257 g/mol. The van der Waals surface area contributed by atoms with Crippen molar-refractivity contribution in [3.05, 3.63) is 29.8 Å². The first-order chi connectivity index (χ1) is 7.66. The van der Waals surface area contributed by atoms with Crippen molar-refractivity contribution < 1.29 is 9.84 Å². The maximum atomic E-state index is 10.5. The molecule has 1 aromatic rings. The quantitative estimate of drug-likeness (QED) is 0.871. The van der Waals surface area contributed by atoms with Crippen LogP contribution in [0.2, 0.25) is 0 Å². The molecular weight excluding hydrogens is 238 g/mol. The molecule has 2 unspecified atom stereocenters. The Morgan fingerprint density at radius 3 is 2.53 bits per heavy atom. The molecule has 1 heterocycles. The van der Waals surface area contributed by atoms with Crippen molar-refractivity contribution in [3.63, 3.8) is 0 Å². The van der Waals surface area contributed by atoms with Crippen molar-refractivity contribution in [1.29, 1.82) is 0 Å². The normalized spacial score (nSPS) is 27.6. The van der Waals surface area contributed by atoms with Crippen molar-refractivity contribution in [2.24, 2.45) is 0 Å². The molecule has 1 aromatic carbocycles. The lowest BCUT2D eigenvalue weighted by molar-refractivity contribution is 0.0292. The van der Waals surface area contributed by atoms with Crippen LogP contribution < -0.4 is 10.1 Å². The van der Waals surface area contributed by atoms with Crippen LogP contribution in [0.15, 0.2) is 24.3 Å². The number of hydrogen-bond acceptors (Lipinski definition) is 3. The van der Waals surface area contributed by atoms with Gasteiger partial charge in [-0.2, -0.15) is 0 Å². The molecule has 1 aliphatic heterocycles. The molecule has 1 saturated heterocycles. The molecule has 2 atom stereocenters. The van der Waals surface area contributed by atoms with E-state index in [4.69, 9.17) is 4.74 Å². The van der Waals surface area contributed by atoms with Gasteiger partial charge in [-0.15, -0.1) is 12.4 Å². The van der Waals surface area contributed by atoms with Crippen molar-refractivity contribution in [2.45, 2.75) is 31.9 Å². The summed E-state index contributed by atoms with van der Waals surface area (Å²) in [6.07, 6.45) is 0.766. The number of halogens is 1. The van der Waals surface area contributed by atoms with E-state index in [1.54, 1.807) is 0 Å². The minimum atomic E-state index is -0.731. The van der Waals surface area contributed by atoms with Gasteiger partial charge in [0.2, 0.25) is 0 Å². The van der Waals surface area contributed by atoms with Crippen molar-refractivity contribution >= 4 is 12.4 Å². The van der Waals surface area contributed by atoms with Crippen LogP contribution in [0.4, 0.5) is 0 Å². The molecule has 0 amide bonds. The highest BCUT2D eigenvalue weighted by atomic mass is 35.5. The first-order valence-corrected chi connectivity index (χ1v) is 5.86. The minimum Gasteiger partial charge on any atom is -0.494 e. The van der Waals surface area contributed by atoms with Gasteiger partial charge in [0, 0.05) is 6.04 Å². The fourth-order valence-corrected chi connectivity index (χ4v) is 2.27. The van der Waals surface area contributed by atoms with Gasteiger partial charge < -0.3 is 15.2 Å². The maximum Gasteiger partial charge on any atom is 0.119 e.